The Morgan fingerprint density at radius 2 is 2.05 bits per heavy atom. The predicted molar refractivity (Wildman–Crippen MR) is 83.6 cm³/mol. The maximum atomic E-state index is 12.3. The molecule has 1 aliphatic heterocycles. The number of carbonyl (C=O) groups is 2. The van der Waals surface area contributed by atoms with E-state index in [4.69, 9.17) is 11.6 Å². The Labute approximate surface area is 133 Å². The first-order chi connectivity index (χ1) is 10.6. The molecule has 1 aromatic carbocycles. The molecule has 1 saturated heterocycles. The second kappa shape index (κ2) is 6.23. The smallest absolute Gasteiger partial charge is 0.268 e. The molecule has 1 aliphatic rings. The van der Waals surface area contributed by atoms with Crippen LogP contribution < -0.4 is 10.6 Å². The van der Waals surface area contributed by atoms with E-state index >= 15 is 0 Å². The number of nitrogens with one attached hydrogen (secondary N) is 3. The first-order valence-electron chi connectivity index (χ1n) is 7.12. The lowest BCUT2D eigenvalue weighted by molar-refractivity contribution is -0.123. The summed E-state index contributed by atoms with van der Waals surface area (Å²) in [5, 5.41) is 6.42. The van der Waals surface area contributed by atoms with Gasteiger partial charge in [-0.05, 0) is 18.1 Å². The molecule has 0 bridgehead atoms. The van der Waals surface area contributed by atoms with Gasteiger partial charge in [-0.25, -0.2) is 0 Å². The number of piperidine rings is 1. The minimum absolute atomic E-state index is 0.00210. The summed E-state index contributed by atoms with van der Waals surface area (Å²) in [6.45, 7) is 0. The lowest BCUT2D eigenvalue weighted by Crippen LogP contribution is -2.50. The van der Waals surface area contributed by atoms with Crippen molar-refractivity contribution in [2.24, 2.45) is 0 Å². The summed E-state index contributed by atoms with van der Waals surface area (Å²) in [7, 11) is 0. The number of H-pyrrole nitrogens is 1. The summed E-state index contributed by atoms with van der Waals surface area (Å²) in [5.74, 6) is -0.226. The molecular weight excluding hydrogens is 302 g/mol. The van der Waals surface area contributed by atoms with Crippen LogP contribution in [-0.2, 0) is 4.79 Å². The van der Waals surface area contributed by atoms with Gasteiger partial charge < -0.3 is 15.6 Å². The summed E-state index contributed by atoms with van der Waals surface area (Å²) < 4.78 is 0. The third-order valence-corrected chi connectivity index (χ3v) is 3.99. The molecule has 0 saturated carbocycles. The van der Waals surface area contributed by atoms with E-state index in [1.54, 1.807) is 12.3 Å². The Morgan fingerprint density at radius 1 is 1.27 bits per heavy atom. The first kappa shape index (κ1) is 14.7. The van der Waals surface area contributed by atoms with Crippen molar-refractivity contribution in [1.29, 1.82) is 0 Å². The maximum absolute atomic E-state index is 12.3. The van der Waals surface area contributed by atoms with Crippen LogP contribution in [0.5, 0.6) is 0 Å². The second-order valence-electron chi connectivity index (χ2n) is 5.31. The fraction of sp³-hybridized carbons (Fsp3) is 0.250. The molecule has 6 heteroatoms. The molecule has 1 aromatic heterocycles. The van der Waals surface area contributed by atoms with E-state index in [2.05, 4.69) is 15.6 Å². The van der Waals surface area contributed by atoms with Crippen molar-refractivity contribution < 1.29 is 9.59 Å². The number of hydrogen-bond acceptors (Lipinski definition) is 2. The van der Waals surface area contributed by atoms with Crippen LogP contribution in [-0.4, -0.2) is 22.8 Å². The molecule has 0 unspecified atom stereocenters. The molecule has 22 heavy (non-hydrogen) atoms. The molecule has 2 aromatic rings. The molecule has 0 radical (unpaired) electrons. The van der Waals surface area contributed by atoms with Gasteiger partial charge in [0, 0.05) is 12.6 Å². The van der Waals surface area contributed by atoms with Crippen LogP contribution in [0, 0.1) is 0 Å². The highest BCUT2D eigenvalue weighted by atomic mass is 35.5. The molecule has 114 valence electrons. The van der Waals surface area contributed by atoms with E-state index < -0.39 is 0 Å². The molecule has 5 nitrogen and oxygen atoms in total. The quantitative estimate of drug-likeness (QED) is 0.813. The third kappa shape index (κ3) is 3.14. The molecule has 0 spiro atoms. The molecule has 2 atom stereocenters. The highest BCUT2D eigenvalue weighted by Gasteiger charge is 2.31. The highest BCUT2D eigenvalue weighted by Crippen LogP contribution is 2.24. The van der Waals surface area contributed by atoms with Crippen molar-refractivity contribution in [3.05, 3.63) is 58.9 Å². The topological polar surface area (TPSA) is 74.0 Å². The van der Waals surface area contributed by atoms with Crippen LogP contribution in [0.3, 0.4) is 0 Å². The zero-order chi connectivity index (χ0) is 15.5. The largest absolute Gasteiger partial charge is 0.356 e. The van der Waals surface area contributed by atoms with E-state index in [1.807, 2.05) is 30.3 Å². The molecule has 0 aliphatic carbocycles. The van der Waals surface area contributed by atoms with E-state index in [1.165, 1.54) is 0 Å². The molecule has 2 amide bonds. The average Bonchev–Trinajstić information content (AvgIpc) is 2.96. The van der Waals surface area contributed by atoms with Gasteiger partial charge in [-0.15, -0.1) is 0 Å². The van der Waals surface area contributed by atoms with Crippen molar-refractivity contribution in [2.75, 3.05) is 0 Å². The Kier molecular flexibility index (Phi) is 4.15. The minimum atomic E-state index is -0.228. The zero-order valence-electron chi connectivity index (χ0n) is 11.8. The number of hydrogen-bond donors (Lipinski definition) is 3. The summed E-state index contributed by atoms with van der Waals surface area (Å²) >= 11 is 5.82. The van der Waals surface area contributed by atoms with Crippen molar-refractivity contribution in [2.45, 2.75) is 24.9 Å². The SMILES string of the molecule is O=C1CC[C@@H](NC(=O)c2cc(Cl)c[nH]2)[C@H](c2ccccc2)N1. The number of aromatic amines is 1. The van der Waals surface area contributed by atoms with Crippen molar-refractivity contribution in [3.8, 4) is 0 Å². The van der Waals surface area contributed by atoms with Gasteiger partial charge in [0.05, 0.1) is 17.1 Å². The summed E-state index contributed by atoms with van der Waals surface area (Å²) in [6, 6.07) is 10.8. The van der Waals surface area contributed by atoms with Crippen LogP contribution in [0.4, 0.5) is 0 Å². The van der Waals surface area contributed by atoms with Crippen LogP contribution in [0.1, 0.15) is 34.9 Å². The third-order valence-electron chi connectivity index (χ3n) is 3.77. The lowest BCUT2D eigenvalue weighted by atomic mass is 9.92. The number of halogens is 1. The number of benzene rings is 1. The molecule has 1 fully saturated rings. The highest BCUT2D eigenvalue weighted by molar-refractivity contribution is 6.30. The first-order valence-corrected chi connectivity index (χ1v) is 7.50. The molecule has 3 N–H and O–H groups in total. The molecular formula is C16H16ClN3O2. The standard InChI is InChI=1S/C16H16ClN3O2/c17-11-8-13(18-9-11)16(22)19-12-6-7-14(21)20-15(12)10-4-2-1-3-5-10/h1-5,8-9,12,15,18H,6-7H2,(H,19,22)(H,20,21)/t12-,15+/m1/s1. The van der Waals surface area contributed by atoms with Gasteiger partial charge >= 0.3 is 0 Å². The number of amides is 2. The van der Waals surface area contributed by atoms with E-state index in [-0.39, 0.29) is 23.9 Å². The van der Waals surface area contributed by atoms with Gasteiger partial charge in [0.1, 0.15) is 5.69 Å². The summed E-state index contributed by atoms with van der Waals surface area (Å²) in [6.07, 6.45) is 2.57. The molecule has 2 heterocycles. The normalized spacial score (nSPS) is 21.2. The predicted octanol–water partition coefficient (Wildman–Crippen LogP) is 2.42. The fourth-order valence-electron chi connectivity index (χ4n) is 2.68. The van der Waals surface area contributed by atoms with E-state index in [9.17, 15) is 9.59 Å². The van der Waals surface area contributed by atoms with Crippen LogP contribution in [0.2, 0.25) is 5.02 Å². The van der Waals surface area contributed by atoms with Gasteiger partial charge in [-0.2, -0.15) is 0 Å². The average molecular weight is 318 g/mol. The van der Waals surface area contributed by atoms with Gasteiger partial charge in [0.25, 0.3) is 5.91 Å². The molecule has 3 rings (SSSR count). The summed E-state index contributed by atoms with van der Waals surface area (Å²) in [4.78, 5) is 26.8. The van der Waals surface area contributed by atoms with E-state index in [0.29, 0.717) is 23.6 Å². The van der Waals surface area contributed by atoms with Gasteiger partial charge in [-0.3, -0.25) is 9.59 Å². The van der Waals surface area contributed by atoms with Gasteiger partial charge in [0.15, 0.2) is 0 Å². The summed E-state index contributed by atoms with van der Waals surface area (Å²) in [5.41, 5.74) is 1.39. The van der Waals surface area contributed by atoms with Gasteiger partial charge in [0.2, 0.25) is 5.91 Å². The number of carbonyl (C=O) groups excluding carboxylic acids is 2. The van der Waals surface area contributed by atoms with Crippen LogP contribution in [0.15, 0.2) is 42.6 Å². The maximum Gasteiger partial charge on any atom is 0.268 e. The van der Waals surface area contributed by atoms with E-state index in [0.717, 1.165) is 5.56 Å². The van der Waals surface area contributed by atoms with Crippen LogP contribution in [0.25, 0.3) is 0 Å². The minimum Gasteiger partial charge on any atom is -0.356 e. The lowest BCUT2D eigenvalue weighted by Gasteiger charge is -2.33. The van der Waals surface area contributed by atoms with Crippen molar-refractivity contribution in [1.82, 2.24) is 15.6 Å². The van der Waals surface area contributed by atoms with Gasteiger partial charge in [-0.1, -0.05) is 41.9 Å². The Morgan fingerprint density at radius 3 is 2.73 bits per heavy atom. The van der Waals surface area contributed by atoms with Crippen molar-refractivity contribution in [3.63, 3.8) is 0 Å². The monoisotopic (exact) mass is 317 g/mol. The Bertz CT molecular complexity index is 684. The van der Waals surface area contributed by atoms with Crippen molar-refractivity contribution >= 4 is 23.4 Å². The second-order valence-corrected chi connectivity index (χ2v) is 5.74. The Hall–Kier alpha value is -2.27. The zero-order valence-corrected chi connectivity index (χ0v) is 12.6. The fourth-order valence-corrected chi connectivity index (χ4v) is 2.84. The number of rotatable bonds is 3. The Balaban J connectivity index is 1.78. The van der Waals surface area contributed by atoms with Crippen LogP contribution >= 0.6 is 11.6 Å². The number of aromatic nitrogens is 1.